The molecule has 2 rings (SSSR count). The van der Waals surface area contributed by atoms with Crippen molar-refractivity contribution in [2.75, 3.05) is 18.5 Å². The zero-order valence-electron chi connectivity index (χ0n) is 13.5. The van der Waals surface area contributed by atoms with Crippen molar-refractivity contribution in [3.63, 3.8) is 0 Å². The van der Waals surface area contributed by atoms with Gasteiger partial charge in [0.25, 0.3) is 5.91 Å². The molecule has 1 aromatic carbocycles. The number of hydrogen-bond acceptors (Lipinski definition) is 4. The Morgan fingerprint density at radius 3 is 2.61 bits per heavy atom. The number of nitrogens with two attached hydrogens (primary N) is 1. The summed E-state index contributed by atoms with van der Waals surface area (Å²) >= 11 is 0. The van der Waals surface area contributed by atoms with Gasteiger partial charge in [0.05, 0.1) is 9.73 Å². The van der Waals surface area contributed by atoms with Crippen LogP contribution in [0.3, 0.4) is 0 Å². The Morgan fingerprint density at radius 1 is 1.35 bits per heavy atom. The maximum Gasteiger partial charge on any atom is 0.276 e. The number of carbonyl (C=O) groups excluding carboxylic acids is 2. The summed E-state index contributed by atoms with van der Waals surface area (Å²) in [4.78, 5) is 26.6. The van der Waals surface area contributed by atoms with Crippen molar-refractivity contribution in [2.24, 2.45) is 4.36 Å². The molecule has 1 aliphatic heterocycles. The molecular weight excluding hydrogens is 314 g/mol. The highest BCUT2D eigenvalue weighted by Gasteiger charge is 2.34. The minimum atomic E-state index is -2.84. The van der Waals surface area contributed by atoms with Crippen molar-refractivity contribution in [1.82, 2.24) is 4.90 Å². The van der Waals surface area contributed by atoms with Crippen LogP contribution in [0.5, 0.6) is 0 Å². The van der Waals surface area contributed by atoms with E-state index in [-0.39, 0.29) is 5.91 Å². The van der Waals surface area contributed by atoms with Crippen LogP contribution in [0.15, 0.2) is 33.5 Å². The van der Waals surface area contributed by atoms with Crippen LogP contribution in [-0.2, 0) is 19.3 Å². The molecule has 6 nitrogen and oxygen atoms in total. The van der Waals surface area contributed by atoms with Gasteiger partial charge in [-0.25, -0.2) is 4.21 Å². The van der Waals surface area contributed by atoms with Gasteiger partial charge in [-0.3, -0.25) is 9.59 Å². The van der Waals surface area contributed by atoms with Gasteiger partial charge >= 0.3 is 0 Å². The Labute approximate surface area is 137 Å². The average Bonchev–Trinajstić information content (AvgIpc) is 2.97. The third-order valence-electron chi connectivity index (χ3n) is 3.90. The fraction of sp³-hybridized carbons (Fsp3) is 0.500. The van der Waals surface area contributed by atoms with Crippen LogP contribution in [0.1, 0.15) is 32.6 Å². The second-order valence-electron chi connectivity index (χ2n) is 5.80. The van der Waals surface area contributed by atoms with Crippen LogP contribution in [0.4, 0.5) is 5.69 Å². The number of carbonyl (C=O) groups is 2. The van der Waals surface area contributed by atoms with Crippen LogP contribution < -0.4 is 5.73 Å². The zero-order valence-corrected chi connectivity index (χ0v) is 14.3. The summed E-state index contributed by atoms with van der Waals surface area (Å²) in [5.41, 5.74) is 6.17. The molecule has 2 amide bonds. The molecule has 23 heavy (non-hydrogen) atoms. The van der Waals surface area contributed by atoms with Gasteiger partial charge in [-0.1, -0.05) is 6.92 Å². The monoisotopic (exact) mass is 337 g/mol. The number of amides is 2. The zero-order chi connectivity index (χ0) is 17.0. The highest BCUT2D eigenvalue weighted by molar-refractivity contribution is 7.93. The second-order valence-corrected chi connectivity index (χ2v) is 8.06. The smallest absolute Gasteiger partial charge is 0.276 e. The van der Waals surface area contributed by atoms with E-state index < -0.39 is 21.7 Å². The summed E-state index contributed by atoms with van der Waals surface area (Å²) in [6.07, 6.45) is 3.94. The van der Waals surface area contributed by atoms with E-state index in [1.54, 1.807) is 29.2 Å². The first-order valence-electron chi connectivity index (χ1n) is 7.76. The highest BCUT2D eigenvalue weighted by atomic mass is 32.2. The van der Waals surface area contributed by atoms with Gasteiger partial charge in [0, 0.05) is 29.8 Å². The van der Waals surface area contributed by atoms with Crippen LogP contribution in [0.2, 0.25) is 0 Å². The van der Waals surface area contributed by atoms with Crippen LogP contribution in [-0.4, -0.2) is 39.8 Å². The van der Waals surface area contributed by atoms with E-state index in [9.17, 15) is 13.8 Å². The summed E-state index contributed by atoms with van der Waals surface area (Å²) in [7, 11) is -2.84. The molecule has 1 saturated heterocycles. The van der Waals surface area contributed by atoms with Gasteiger partial charge in [-0.15, -0.1) is 0 Å². The summed E-state index contributed by atoms with van der Waals surface area (Å²) in [5.74, 6) is -0.509. The highest BCUT2D eigenvalue weighted by Crippen LogP contribution is 2.22. The van der Waals surface area contributed by atoms with Crippen molar-refractivity contribution in [3.05, 3.63) is 24.3 Å². The van der Waals surface area contributed by atoms with Gasteiger partial charge in [0.1, 0.15) is 6.04 Å². The Balaban J connectivity index is 2.23. The van der Waals surface area contributed by atoms with E-state index in [0.717, 1.165) is 12.8 Å². The predicted molar refractivity (Wildman–Crippen MR) is 90.3 cm³/mol. The number of nitrogen functional groups attached to an aromatic ring is 1. The Hall–Kier alpha value is -1.89. The van der Waals surface area contributed by atoms with Crippen LogP contribution in [0.25, 0.3) is 0 Å². The largest absolute Gasteiger partial charge is 0.399 e. The molecule has 0 aromatic heterocycles. The molecule has 7 heteroatoms. The lowest BCUT2D eigenvalue weighted by atomic mass is 10.2. The van der Waals surface area contributed by atoms with Crippen molar-refractivity contribution >= 4 is 27.2 Å². The van der Waals surface area contributed by atoms with E-state index in [1.807, 2.05) is 6.92 Å². The second kappa shape index (κ2) is 7.12. The molecule has 2 unspecified atom stereocenters. The van der Waals surface area contributed by atoms with Crippen LogP contribution >= 0.6 is 0 Å². The number of anilines is 1. The fourth-order valence-corrected chi connectivity index (χ4v) is 3.90. The van der Waals surface area contributed by atoms with E-state index in [4.69, 9.17) is 5.73 Å². The molecule has 1 aromatic rings. The maximum absolute atomic E-state index is 12.7. The Bertz CT molecular complexity index is 706. The normalized spacial score (nSPS) is 20.1. The molecule has 0 bridgehead atoms. The number of rotatable bonds is 4. The van der Waals surface area contributed by atoms with E-state index in [0.29, 0.717) is 30.0 Å². The van der Waals surface area contributed by atoms with Gasteiger partial charge in [-0.05, 0) is 43.5 Å². The summed E-state index contributed by atoms with van der Waals surface area (Å²) in [6.45, 7) is 2.49. The van der Waals surface area contributed by atoms with Gasteiger partial charge in [-0.2, -0.15) is 4.36 Å². The summed E-state index contributed by atoms with van der Waals surface area (Å²) < 4.78 is 16.7. The molecule has 2 atom stereocenters. The topological polar surface area (TPSA) is 92.8 Å². The van der Waals surface area contributed by atoms with Gasteiger partial charge in [0.15, 0.2) is 0 Å². The van der Waals surface area contributed by atoms with Crippen molar-refractivity contribution < 1.29 is 13.8 Å². The lowest BCUT2D eigenvalue weighted by molar-refractivity contribution is -0.137. The SMILES string of the molecule is CCCC(=O)N1CCCC1C(=O)N=S(C)(=O)c1ccc(N)cc1. The number of nitrogens with zero attached hydrogens (tertiary/aromatic N) is 2. The summed E-state index contributed by atoms with van der Waals surface area (Å²) in [6, 6.07) is 5.91. The quantitative estimate of drug-likeness (QED) is 0.851. The molecule has 1 heterocycles. The molecule has 126 valence electrons. The molecule has 1 fully saturated rings. The molecule has 0 saturated carbocycles. The molecule has 2 N–H and O–H groups in total. The predicted octanol–water partition coefficient (Wildman–Crippen LogP) is 2.04. The fourth-order valence-electron chi connectivity index (χ4n) is 2.68. The maximum atomic E-state index is 12.7. The van der Waals surface area contributed by atoms with E-state index in [1.165, 1.54) is 6.26 Å². The third-order valence-corrected chi connectivity index (χ3v) is 5.58. The molecule has 0 aliphatic carbocycles. The first kappa shape index (κ1) is 17.5. The average molecular weight is 337 g/mol. The molecule has 0 spiro atoms. The minimum absolute atomic E-state index is 0.0337. The van der Waals surface area contributed by atoms with Crippen molar-refractivity contribution in [1.29, 1.82) is 0 Å². The Morgan fingerprint density at radius 2 is 2.00 bits per heavy atom. The standard InChI is InChI=1S/C16H23N3O3S/c1-3-5-15(20)19-11-4-6-14(19)16(21)18-23(2,22)13-9-7-12(17)8-10-13/h7-10,14H,3-6,11,17H2,1-2H3. The number of likely N-dealkylation sites (tertiary alicyclic amines) is 1. The summed E-state index contributed by atoms with van der Waals surface area (Å²) in [5, 5.41) is 0. The lowest BCUT2D eigenvalue weighted by Crippen LogP contribution is -2.40. The van der Waals surface area contributed by atoms with Crippen LogP contribution in [0, 0.1) is 0 Å². The molecule has 0 radical (unpaired) electrons. The van der Waals surface area contributed by atoms with Crippen molar-refractivity contribution in [2.45, 2.75) is 43.5 Å². The van der Waals surface area contributed by atoms with Crippen molar-refractivity contribution in [3.8, 4) is 0 Å². The number of hydrogen-bond donors (Lipinski definition) is 1. The minimum Gasteiger partial charge on any atom is -0.399 e. The van der Waals surface area contributed by atoms with Gasteiger partial charge < -0.3 is 10.6 Å². The Kier molecular flexibility index (Phi) is 5.41. The molecule has 1 aliphatic rings. The van der Waals surface area contributed by atoms with Gasteiger partial charge in [0.2, 0.25) is 5.91 Å². The first-order chi connectivity index (χ1) is 10.8. The lowest BCUT2D eigenvalue weighted by Gasteiger charge is -2.22. The van der Waals surface area contributed by atoms with E-state index >= 15 is 0 Å². The number of benzene rings is 1. The van der Waals surface area contributed by atoms with E-state index in [2.05, 4.69) is 4.36 Å². The first-order valence-corrected chi connectivity index (χ1v) is 9.68. The third kappa shape index (κ3) is 4.10. The molecular formula is C16H23N3O3S.